The predicted octanol–water partition coefficient (Wildman–Crippen LogP) is 4.88. The van der Waals surface area contributed by atoms with Crippen molar-refractivity contribution >= 4 is 17.3 Å². The van der Waals surface area contributed by atoms with Crippen molar-refractivity contribution in [3.8, 4) is 0 Å². The van der Waals surface area contributed by atoms with Crippen LogP contribution in [0.15, 0.2) is 11.4 Å². The van der Waals surface area contributed by atoms with E-state index in [9.17, 15) is 4.79 Å². The van der Waals surface area contributed by atoms with Gasteiger partial charge in [0.25, 0.3) is 0 Å². The smallest absolute Gasteiger partial charge is 0.309 e. The molecule has 0 radical (unpaired) electrons. The Kier molecular flexibility index (Phi) is 12.2. The maximum absolute atomic E-state index is 11.6. The lowest BCUT2D eigenvalue weighted by Crippen LogP contribution is -2.36. The van der Waals surface area contributed by atoms with Gasteiger partial charge in [-0.2, -0.15) is 0 Å². The molecule has 1 aromatic heterocycles. The topological polar surface area (TPSA) is 29.5 Å². The van der Waals surface area contributed by atoms with Gasteiger partial charge in [0.2, 0.25) is 0 Å². The van der Waals surface area contributed by atoms with Crippen molar-refractivity contribution in [3.63, 3.8) is 0 Å². The lowest BCUT2D eigenvalue weighted by molar-refractivity contribution is -0.149. The molecule has 1 aliphatic heterocycles. The Morgan fingerprint density at radius 3 is 2.32 bits per heavy atom. The van der Waals surface area contributed by atoms with Gasteiger partial charge in [0.1, 0.15) is 0 Å². The lowest BCUT2D eigenvalue weighted by Gasteiger charge is -2.30. The first-order valence-corrected chi connectivity index (χ1v) is 9.50. The van der Waals surface area contributed by atoms with E-state index in [1.54, 1.807) is 0 Å². The van der Waals surface area contributed by atoms with E-state index in [0.29, 0.717) is 6.61 Å². The van der Waals surface area contributed by atoms with Gasteiger partial charge in [-0.1, -0.05) is 27.7 Å². The molecule has 22 heavy (non-hydrogen) atoms. The fourth-order valence-corrected chi connectivity index (χ4v) is 3.30. The molecule has 4 heteroatoms. The Labute approximate surface area is 140 Å². The van der Waals surface area contributed by atoms with Crippen molar-refractivity contribution in [2.24, 2.45) is 5.92 Å². The van der Waals surface area contributed by atoms with Crippen molar-refractivity contribution in [3.05, 3.63) is 21.9 Å². The minimum Gasteiger partial charge on any atom is -0.466 e. The average Bonchev–Trinajstić information content (AvgIpc) is 2.97. The standard InChI is InChI=1S/C14H21NO2S.2C2H6/c1-3-17-14(16)12-4-6-15(7-5-12)9-13-8-11(2)10-18-13;2*1-2/h8,10,12H,3-7,9H2,1-2H3;2*1-2H3. The fraction of sp³-hybridized carbons (Fsp3) is 0.722. The zero-order chi connectivity index (χ0) is 17.0. The van der Waals surface area contributed by atoms with Crippen LogP contribution in [0.2, 0.25) is 0 Å². The number of esters is 1. The summed E-state index contributed by atoms with van der Waals surface area (Å²) in [6, 6.07) is 2.25. The first-order valence-electron chi connectivity index (χ1n) is 8.62. The quantitative estimate of drug-likeness (QED) is 0.738. The number of likely N-dealkylation sites (tertiary alicyclic amines) is 1. The molecule has 0 spiro atoms. The highest BCUT2D eigenvalue weighted by Gasteiger charge is 2.25. The SMILES string of the molecule is CC.CC.CCOC(=O)C1CCN(Cc2cc(C)cs2)CC1. The fourth-order valence-electron chi connectivity index (χ4n) is 2.38. The van der Waals surface area contributed by atoms with Gasteiger partial charge in [-0.15, -0.1) is 11.3 Å². The van der Waals surface area contributed by atoms with Gasteiger partial charge in [-0.05, 0) is 56.8 Å². The Hall–Kier alpha value is -0.870. The van der Waals surface area contributed by atoms with Crippen LogP contribution in [0.1, 0.15) is 57.9 Å². The number of carbonyl (C=O) groups is 1. The molecule has 0 atom stereocenters. The minimum atomic E-state index is -0.0101. The molecule has 3 nitrogen and oxygen atoms in total. The van der Waals surface area contributed by atoms with Crippen molar-refractivity contribution in [1.29, 1.82) is 0 Å². The number of aryl methyl sites for hydroxylation is 1. The normalized spacial score (nSPS) is 15.2. The zero-order valence-electron chi connectivity index (χ0n) is 15.1. The molecule has 1 fully saturated rings. The molecular formula is C18H33NO2S. The summed E-state index contributed by atoms with van der Waals surface area (Å²) >= 11 is 1.83. The number of thiophene rings is 1. The summed E-state index contributed by atoms with van der Waals surface area (Å²) in [5, 5.41) is 2.20. The van der Waals surface area contributed by atoms with E-state index in [-0.39, 0.29) is 11.9 Å². The van der Waals surface area contributed by atoms with Gasteiger partial charge in [0.05, 0.1) is 12.5 Å². The summed E-state index contributed by atoms with van der Waals surface area (Å²) in [6.45, 7) is 15.5. The summed E-state index contributed by atoms with van der Waals surface area (Å²) in [7, 11) is 0. The van der Waals surface area contributed by atoms with Crippen molar-refractivity contribution < 1.29 is 9.53 Å². The summed E-state index contributed by atoms with van der Waals surface area (Å²) < 4.78 is 5.08. The number of nitrogens with zero attached hydrogens (tertiary/aromatic N) is 1. The first-order chi connectivity index (χ1) is 10.7. The third-order valence-electron chi connectivity index (χ3n) is 3.37. The highest BCUT2D eigenvalue weighted by molar-refractivity contribution is 7.10. The second-order valence-electron chi connectivity index (χ2n) is 4.89. The van der Waals surface area contributed by atoms with Crippen molar-refractivity contribution in [2.75, 3.05) is 19.7 Å². The number of carbonyl (C=O) groups excluding carboxylic acids is 1. The lowest BCUT2D eigenvalue weighted by atomic mass is 9.97. The molecule has 0 saturated carbocycles. The zero-order valence-corrected chi connectivity index (χ0v) is 16.0. The molecule has 0 amide bonds. The summed E-state index contributed by atoms with van der Waals surface area (Å²) in [4.78, 5) is 15.5. The summed E-state index contributed by atoms with van der Waals surface area (Å²) in [5.74, 6) is 0.107. The van der Waals surface area contributed by atoms with Gasteiger partial charge in [-0.3, -0.25) is 9.69 Å². The Balaban J connectivity index is 0.00000102. The number of rotatable bonds is 4. The van der Waals surface area contributed by atoms with Crippen LogP contribution in [0.25, 0.3) is 0 Å². The van der Waals surface area contributed by atoms with E-state index in [1.165, 1.54) is 10.4 Å². The predicted molar refractivity (Wildman–Crippen MR) is 96.4 cm³/mol. The van der Waals surface area contributed by atoms with Crippen LogP contribution < -0.4 is 0 Å². The number of piperidine rings is 1. The summed E-state index contributed by atoms with van der Waals surface area (Å²) in [6.07, 6.45) is 1.87. The maximum atomic E-state index is 11.6. The third-order valence-corrected chi connectivity index (χ3v) is 4.41. The molecule has 0 bridgehead atoms. The van der Waals surface area contributed by atoms with E-state index in [0.717, 1.165) is 32.5 Å². The molecule has 1 aliphatic rings. The third kappa shape index (κ3) is 7.41. The van der Waals surface area contributed by atoms with E-state index in [1.807, 2.05) is 46.0 Å². The second-order valence-corrected chi connectivity index (χ2v) is 5.89. The monoisotopic (exact) mass is 327 g/mol. The minimum absolute atomic E-state index is 0.0101. The maximum Gasteiger partial charge on any atom is 0.309 e. The molecule has 0 aromatic carbocycles. The molecule has 0 aliphatic carbocycles. The van der Waals surface area contributed by atoms with E-state index >= 15 is 0 Å². The molecule has 2 heterocycles. The molecule has 0 N–H and O–H groups in total. The van der Waals surface area contributed by atoms with Gasteiger partial charge in [0.15, 0.2) is 0 Å². The van der Waals surface area contributed by atoms with Gasteiger partial charge >= 0.3 is 5.97 Å². The molecule has 1 saturated heterocycles. The van der Waals surface area contributed by atoms with E-state index in [4.69, 9.17) is 4.74 Å². The Morgan fingerprint density at radius 1 is 1.27 bits per heavy atom. The van der Waals surface area contributed by atoms with E-state index in [2.05, 4.69) is 23.3 Å². The molecule has 0 unspecified atom stereocenters. The molecular weight excluding hydrogens is 294 g/mol. The van der Waals surface area contributed by atoms with Crippen LogP contribution >= 0.6 is 11.3 Å². The Bertz CT molecular complexity index is 396. The van der Waals surface area contributed by atoms with Gasteiger partial charge in [0, 0.05) is 11.4 Å². The van der Waals surface area contributed by atoms with Crippen LogP contribution in [0.5, 0.6) is 0 Å². The van der Waals surface area contributed by atoms with Crippen molar-refractivity contribution in [2.45, 2.75) is 60.9 Å². The van der Waals surface area contributed by atoms with E-state index < -0.39 is 0 Å². The number of hydrogen-bond acceptors (Lipinski definition) is 4. The highest BCUT2D eigenvalue weighted by atomic mass is 32.1. The highest BCUT2D eigenvalue weighted by Crippen LogP contribution is 2.22. The van der Waals surface area contributed by atoms with Crippen LogP contribution in [0, 0.1) is 12.8 Å². The molecule has 2 rings (SSSR count). The van der Waals surface area contributed by atoms with Gasteiger partial charge < -0.3 is 4.74 Å². The number of hydrogen-bond donors (Lipinski definition) is 0. The molecule has 128 valence electrons. The average molecular weight is 328 g/mol. The second kappa shape index (κ2) is 12.7. The van der Waals surface area contributed by atoms with Crippen LogP contribution in [0.4, 0.5) is 0 Å². The largest absolute Gasteiger partial charge is 0.466 e. The van der Waals surface area contributed by atoms with Crippen LogP contribution in [-0.2, 0) is 16.1 Å². The van der Waals surface area contributed by atoms with Crippen molar-refractivity contribution in [1.82, 2.24) is 4.90 Å². The van der Waals surface area contributed by atoms with Crippen LogP contribution in [0.3, 0.4) is 0 Å². The number of ether oxygens (including phenoxy) is 1. The summed E-state index contributed by atoms with van der Waals surface area (Å²) in [5.41, 5.74) is 1.34. The first kappa shape index (κ1) is 21.1. The Morgan fingerprint density at radius 2 is 1.86 bits per heavy atom. The molecule has 1 aromatic rings. The van der Waals surface area contributed by atoms with Crippen LogP contribution in [-0.4, -0.2) is 30.6 Å². The van der Waals surface area contributed by atoms with Gasteiger partial charge in [-0.25, -0.2) is 0 Å².